The first kappa shape index (κ1) is 21.8. The number of amides is 4. The zero-order valence-corrected chi connectivity index (χ0v) is 18.2. The van der Waals surface area contributed by atoms with E-state index in [0.717, 1.165) is 31.5 Å². The van der Waals surface area contributed by atoms with E-state index >= 15 is 0 Å². The van der Waals surface area contributed by atoms with Gasteiger partial charge in [0.1, 0.15) is 0 Å². The molecule has 1 aliphatic carbocycles. The van der Waals surface area contributed by atoms with E-state index in [1.54, 1.807) is 26.4 Å². The number of benzene rings is 1. The molecule has 0 aromatic heterocycles. The summed E-state index contributed by atoms with van der Waals surface area (Å²) in [6.07, 6.45) is 4.02. The van der Waals surface area contributed by atoms with Crippen LogP contribution in [0.2, 0.25) is 0 Å². The van der Waals surface area contributed by atoms with Crippen LogP contribution in [0.4, 0.5) is 4.79 Å². The molecule has 4 rings (SSSR count). The Kier molecular flexibility index (Phi) is 6.57. The predicted molar refractivity (Wildman–Crippen MR) is 113 cm³/mol. The standard InChI is InChI=1S/C23H31N3O5/c1-30-19-12-17-18(13-20(19)31-2)24-23(29)26(22(17)28)14-15-6-8-16(9-7-15)21(27)25-10-4-3-5-11-25/h6-9,17-20H,3-5,10-14H2,1-2H3,(H,24,29). The second-order valence-electron chi connectivity index (χ2n) is 8.66. The zero-order valence-electron chi connectivity index (χ0n) is 18.2. The Hall–Kier alpha value is -2.45. The van der Waals surface area contributed by atoms with E-state index in [4.69, 9.17) is 9.47 Å². The van der Waals surface area contributed by atoms with Crippen LogP contribution in [0.1, 0.15) is 48.0 Å². The van der Waals surface area contributed by atoms with Crippen molar-refractivity contribution in [3.05, 3.63) is 35.4 Å². The molecule has 1 saturated carbocycles. The van der Waals surface area contributed by atoms with E-state index in [1.807, 2.05) is 17.0 Å². The largest absolute Gasteiger partial charge is 0.379 e. The summed E-state index contributed by atoms with van der Waals surface area (Å²) < 4.78 is 11.0. The number of nitrogens with one attached hydrogen (secondary N) is 1. The van der Waals surface area contributed by atoms with Gasteiger partial charge in [-0.05, 0) is 49.8 Å². The highest BCUT2D eigenvalue weighted by atomic mass is 16.5. The van der Waals surface area contributed by atoms with Crippen LogP contribution < -0.4 is 5.32 Å². The molecule has 8 heteroatoms. The number of hydrogen-bond acceptors (Lipinski definition) is 5. The van der Waals surface area contributed by atoms with Crippen molar-refractivity contribution in [3.63, 3.8) is 0 Å². The Balaban J connectivity index is 1.42. The fourth-order valence-corrected chi connectivity index (χ4v) is 4.96. The third-order valence-electron chi connectivity index (χ3n) is 6.80. The van der Waals surface area contributed by atoms with Crippen LogP contribution in [0.3, 0.4) is 0 Å². The number of carbonyl (C=O) groups is 3. The van der Waals surface area contributed by atoms with Crippen LogP contribution >= 0.6 is 0 Å². The number of ether oxygens (including phenoxy) is 2. The number of carbonyl (C=O) groups excluding carboxylic acids is 3. The fraction of sp³-hybridized carbons (Fsp3) is 0.609. The quantitative estimate of drug-likeness (QED) is 0.775. The van der Waals surface area contributed by atoms with Gasteiger partial charge in [-0.2, -0.15) is 0 Å². The number of likely N-dealkylation sites (tertiary alicyclic amines) is 1. The van der Waals surface area contributed by atoms with Crippen LogP contribution in [-0.2, 0) is 20.8 Å². The summed E-state index contributed by atoms with van der Waals surface area (Å²) in [5, 5.41) is 2.97. The highest BCUT2D eigenvalue weighted by molar-refractivity contribution is 5.99. The van der Waals surface area contributed by atoms with Crippen molar-refractivity contribution < 1.29 is 23.9 Å². The van der Waals surface area contributed by atoms with Crippen LogP contribution in [0.15, 0.2) is 24.3 Å². The van der Waals surface area contributed by atoms with Gasteiger partial charge >= 0.3 is 6.03 Å². The molecule has 31 heavy (non-hydrogen) atoms. The van der Waals surface area contributed by atoms with E-state index in [2.05, 4.69) is 5.32 Å². The number of urea groups is 1. The molecule has 3 fully saturated rings. The zero-order chi connectivity index (χ0) is 22.0. The lowest BCUT2D eigenvalue weighted by atomic mass is 9.79. The lowest BCUT2D eigenvalue weighted by molar-refractivity contribution is -0.144. The van der Waals surface area contributed by atoms with Crippen LogP contribution in [0, 0.1) is 5.92 Å². The topological polar surface area (TPSA) is 88.2 Å². The molecule has 3 aliphatic rings. The van der Waals surface area contributed by atoms with Crippen LogP contribution in [-0.4, -0.2) is 73.2 Å². The molecule has 1 aromatic rings. The molecule has 0 spiro atoms. The molecule has 1 aromatic carbocycles. The number of methoxy groups -OCH3 is 2. The number of hydrogen-bond donors (Lipinski definition) is 1. The van der Waals surface area contributed by atoms with Gasteiger partial charge in [0, 0.05) is 38.9 Å². The molecule has 2 heterocycles. The molecule has 2 saturated heterocycles. The maximum Gasteiger partial charge on any atom is 0.324 e. The van der Waals surface area contributed by atoms with Gasteiger partial charge in [0.2, 0.25) is 5.91 Å². The summed E-state index contributed by atoms with van der Waals surface area (Å²) in [5.41, 5.74) is 1.45. The monoisotopic (exact) mass is 429 g/mol. The van der Waals surface area contributed by atoms with Crippen molar-refractivity contribution in [2.24, 2.45) is 5.92 Å². The number of fused-ring (bicyclic) bond motifs is 1. The van der Waals surface area contributed by atoms with Crippen LogP contribution in [0.5, 0.6) is 0 Å². The molecule has 0 bridgehead atoms. The molecular formula is C23H31N3O5. The maximum atomic E-state index is 13.1. The minimum Gasteiger partial charge on any atom is -0.379 e. The highest BCUT2D eigenvalue weighted by Crippen LogP contribution is 2.33. The SMILES string of the molecule is COC1CC2NC(=O)N(Cc3ccc(C(=O)N4CCCCC4)cc3)C(=O)C2CC1OC. The van der Waals surface area contributed by atoms with Gasteiger partial charge < -0.3 is 19.7 Å². The van der Waals surface area contributed by atoms with Crippen molar-refractivity contribution in [3.8, 4) is 0 Å². The van der Waals surface area contributed by atoms with E-state index in [1.165, 1.54) is 11.3 Å². The third kappa shape index (κ3) is 4.45. The maximum absolute atomic E-state index is 13.1. The summed E-state index contributed by atoms with van der Waals surface area (Å²) in [7, 11) is 3.24. The van der Waals surface area contributed by atoms with E-state index in [-0.39, 0.29) is 48.6 Å². The van der Waals surface area contributed by atoms with Crippen molar-refractivity contribution in [2.45, 2.75) is 56.9 Å². The fourth-order valence-electron chi connectivity index (χ4n) is 4.96. The second-order valence-corrected chi connectivity index (χ2v) is 8.66. The minimum atomic E-state index is -0.384. The van der Waals surface area contributed by atoms with E-state index < -0.39 is 0 Å². The Morgan fingerprint density at radius 2 is 1.65 bits per heavy atom. The molecule has 1 N–H and O–H groups in total. The second kappa shape index (κ2) is 9.36. The van der Waals surface area contributed by atoms with E-state index in [9.17, 15) is 14.4 Å². The molecular weight excluding hydrogens is 398 g/mol. The molecule has 4 unspecified atom stereocenters. The van der Waals surface area contributed by atoms with Crippen molar-refractivity contribution in [2.75, 3.05) is 27.3 Å². The molecule has 4 atom stereocenters. The smallest absolute Gasteiger partial charge is 0.324 e. The number of rotatable bonds is 5. The van der Waals surface area contributed by atoms with Gasteiger partial charge in [-0.1, -0.05) is 12.1 Å². The Morgan fingerprint density at radius 3 is 2.29 bits per heavy atom. The summed E-state index contributed by atoms with van der Waals surface area (Å²) in [6, 6.07) is 6.59. The number of nitrogens with zero attached hydrogens (tertiary/aromatic N) is 2. The van der Waals surface area contributed by atoms with Crippen molar-refractivity contribution in [1.82, 2.24) is 15.1 Å². The minimum absolute atomic E-state index is 0.0430. The first-order valence-corrected chi connectivity index (χ1v) is 11.1. The van der Waals surface area contributed by atoms with Crippen molar-refractivity contribution in [1.29, 1.82) is 0 Å². The Morgan fingerprint density at radius 1 is 1.00 bits per heavy atom. The molecule has 8 nitrogen and oxygen atoms in total. The summed E-state index contributed by atoms with van der Waals surface area (Å²) in [6.45, 7) is 1.79. The molecule has 2 aliphatic heterocycles. The lowest BCUT2D eigenvalue weighted by Gasteiger charge is -2.44. The summed E-state index contributed by atoms with van der Waals surface area (Å²) in [4.78, 5) is 41.6. The first-order chi connectivity index (χ1) is 15.0. The molecule has 0 radical (unpaired) electrons. The number of imide groups is 1. The average Bonchev–Trinajstić information content (AvgIpc) is 2.81. The number of piperidine rings is 1. The Labute approximate surface area is 182 Å². The normalized spacial score (nSPS) is 28.8. The van der Waals surface area contributed by atoms with Gasteiger partial charge in [0.05, 0.1) is 24.7 Å². The van der Waals surface area contributed by atoms with Gasteiger partial charge in [-0.25, -0.2) is 4.79 Å². The first-order valence-electron chi connectivity index (χ1n) is 11.1. The predicted octanol–water partition coefficient (Wildman–Crippen LogP) is 2.17. The Bertz CT molecular complexity index is 821. The summed E-state index contributed by atoms with van der Waals surface area (Å²) >= 11 is 0. The van der Waals surface area contributed by atoms with Gasteiger partial charge in [0.25, 0.3) is 5.91 Å². The van der Waals surface area contributed by atoms with Gasteiger partial charge in [-0.15, -0.1) is 0 Å². The van der Waals surface area contributed by atoms with Gasteiger partial charge in [-0.3, -0.25) is 14.5 Å². The molecule has 4 amide bonds. The van der Waals surface area contributed by atoms with Gasteiger partial charge in [0.15, 0.2) is 0 Å². The average molecular weight is 430 g/mol. The summed E-state index contributed by atoms with van der Waals surface area (Å²) in [5.74, 6) is -0.464. The van der Waals surface area contributed by atoms with E-state index in [0.29, 0.717) is 18.4 Å². The van der Waals surface area contributed by atoms with Crippen molar-refractivity contribution >= 4 is 17.8 Å². The highest BCUT2D eigenvalue weighted by Gasteiger charge is 2.47. The van der Waals surface area contributed by atoms with Crippen LogP contribution in [0.25, 0.3) is 0 Å². The third-order valence-corrected chi connectivity index (χ3v) is 6.80. The lowest BCUT2D eigenvalue weighted by Crippen LogP contribution is -2.63. The molecule has 168 valence electrons.